The van der Waals surface area contributed by atoms with Crippen molar-refractivity contribution in [2.24, 2.45) is 5.92 Å². The van der Waals surface area contributed by atoms with Gasteiger partial charge in [-0.3, -0.25) is 4.79 Å². The number of rotatable bonds is 6. The summed E-state index contributed by atoms with van der Waals surface area (Å²) in [6, 6.07) is 9.61. The molecule has 0 bridgehead atoms. The van der Waals surface area contributed by atoms with E-state index in [1.807, 2.05) is 11.3 Å². The van der Waals surface area contributed by atoms with Crippen LogP contribution in [0.5, 0.6) is 0 Å². The van der Waals surface area contributed by atoms with Gasteiger partial charge in [0.15, 0.2) is 6.54 Å². The summed E-state index contributed by atoms with van der Waals surface area (Å²) in [7, 11) is 0. The third-order valence-corrected chi connectivity index (χ3v) is 6.39. The van der Waals surface area contributed by atoms with Crippen molar-refractivity contribution >= 4 is 28.9 Å². The molecule has 2 aliphatic rings. The second-order valence-corrected chi connectivity index (χ2v) is 8.30. The van der Waals surface area contributed by atoms with Crippen LogP contribution in [0.3, 0.4) is 0 Å². The highest BCUT2D eigenvalue weighted by molar-refractivity contribution is 7.10. The smallest absolute Gasteiger partial charge is 0.338 e. The molecule has 1 saturated carbocycles. The number of esters is 1. The minimum atomic E-state index is -0.341. The molecule has 1 aromatic carbocycles. The molecule has 2 atom stereocenters. The molecular formula is C21H25N2O3S+. The van der Waals surface area contributed by atoms with Gasteiger partial charge in [-0.15, -0.1) is 11.3 Å². The predicted molar refractivity (Wildman–Crippen MR) is 105 cm³/mol. The third-order valence-electron chi connectivity index (χ3n) is 5.39. The van der Waals surface area contributed by atoms with Crippen LogP contribution in [0.4, 0.5) is 5.69 Å². The van der Waals surface area contributed by atoms with Gasteiger partial charge in [0.2, 0.25) is 0 Å². The van der Waals surface area contributed by atoms with Gasteiger partial charge in [-0.2, -0.15) is 0 Å². The molecule has 142 valence electrons. The van der Waals surface area contributed by atoms with E-state index in [1.165, 1.54) is 28.2 Å². The van der Waals surface area contributed by atoms with Gasteiger partial charge in [-0.25, -0.2) is 4.79 Å². The van der Waals surface area contributed by atoms with Gasteiger partial charge in [-0.1, -0.05) is 0 Å². The Morgan fingerprint density at radius 1 is 1.22 bits per heavy atom. The standard InChI is InChI=1S/C21H24N2O3S/c1-2-26-21(25)15-5-7-16(8-6-15)22-19(24)13-23-11-9-18-17(10-12-27-18)20(23)14-3-4-14/h5-8,10,12,14,20H,2-4,9,11,13H2,1H3,(H,22,24)/p+1/t20-/m0/s1. The van der Waals surface area contributed by atoms with Crippen molar-refractivity contribution in [3.05, 3.63) is 51.7 Å². The summed E-state index contributed by atoms with van der Waals surface area (Å²) in [5, 5.41) is 5.16. The van der Waals surface area contributed by atoms with E-state index in [2.05, 4.69) is 16.8 Å². The number of carbonyl (C=O) groups excluding carboxylic acids is 2. The zero-order valence-electron chi connectivity index (χ0n) is 15.5. The SMILES string of the molecule is CCOC(=O)c1ccc(NC(=O)C[NH+]2CCc3sccc3[C@@H]2C2CC2)cc1. The highest BCUT2D eigenvalue weighted by Crippen LogP contribution is 2.42. The number of thiophene rings is 1. The molecule has 1 fully saturated rings. The predicted octanol–water partition coefficient (Wildman–Crippen LogP) is 2.46. The molecule has 0 saturated heterocycles. The van der Waals surface area contributed by atoms with Crippen molar-refractivity contribution < 1.29 is 19.2 Å². The maximum atomic E-state index is 12.6. The average Bonchev–Trinajstić information content (AvgIpc) is 3.38. The molecule has 1 aromatic heterocycles. The van der Waals surface area contributed by atoms with E-state index in [-0.39, 0.29) is 11.9 Å². The molecule has 2 heterocycles. The minimum absolute atomic E-state index is 0.0261. The number of nitrogens with one attached hydrogen (secondary N) is 2. The van der Waals surface area contributed by atoms with Crippen LogP contribution in [0, 0.1) is 5.92 Å². The van der Waals surface area contributed by atoms with Crippen molar-refractivity contribution in [2.75, 3.05) is 25.0 Å². The number of ether oxygens (including phenoxy) is 1. The number of quaternary nitrogens is 1. The van der Waals surface area contributed by atoms with Gasteiger partial charge in [0.1, 0.15) is 6.04 Å². The Kier molecular flexibility index (Phi) is 5.27. The first-order valence-corrected chi connectivity index (χ1v) is 10.5. The number of hydrogen-bond acceptors (Lipinski definition) is 4. The molecule has 4 rings (SSSR count). The Morgan fingerprint density at radius 3 is 2.70 bits per heavy atom. The van der Waals surface area contributed by atoms with E-state index in [9.17, 15) is 9.59 Å². The summed E-state index contributed by atoms with van der Waals surface area (Å²) < 4.78 is 4.98. The lowest BCUT2D eigenvalue weighted by Crippen LogP contribution is -3.14. The molecule has 0 radical (unpaired) electrons. The summed E-state index contributed by atoms with van der Waals surface area (Å²) in [6.45, 7) is 3.63. The number of benzene rings is 1. The van der Waals surface area contributed by atoms with Crippen molar-refractivity contribution in [2.45, 2.75) is 32.2 Å². The van der Waals surface area contributed by atoms with Gasteiger partial charge < -0.3 is 15.0 Å². The molecule has 2 aromatic rings. The van der Waals surface area contributed by atoms with Crippen LogP contribution < -0.4 is 10.2 Å². The molecule has 27 heavy (non-hydrogen) atoms. The number of fused-ring (bicyclic) bond motifs is 1. The quantitative estimate of drug-likeness (QED) is 0.751. The molecular weight excluding hydrogens is 360 g/mol. The van der Waals surface area contributed by atoms with Crippen LogP contribution in [0.15, 0.2) is 35.7 Å². The van der Waals surface area contributed by atoms with Crippen LogP contribution in [-0.4, -0.2) is 31.6 Å². The van der Waals surface area contributed by atoms with Gasteiger partial charge >= 0.3 is 5.97 Å². The zero-order valence-corrected chi connectivity index (χ0v) is 16.3. The maximum Gasteiger partial charge on any atom is 0.338 e. The van der Waals surface area contributed by atoms with Crippen molar-refractivity contribution in [3.8, 4) is 0 Å². The number of anilines is 1. The largest absolute Gasteiger partial charge is 0.462 e. The summed E-state index contributed by atoms with van der Waals surface area (Å²) in [6.07, 6.45) is 3.62. The van der Waals surface area contributed by atoms with Crippen molar-refractivity contribution in [1.82, 2.24) is 0 Å². The van der Waals surface area contributed by atoms with E-state index in [1.54, 1.807) is 31.2 Å². The molecule has 1 aliphatic heterocycles. The van der Waals surface area contributed by atoms with E-state index in [4.69, 9.17) is 4.74 Å². The molecule has 1 unspecified atom stereocenters. The van der Waals surface area contributed by atoms with E-state index < -0.39 is 0 Å². The second kappa shape index (κ2) is 7.82. The van der Waals surface area contributed by atoms with Gasteiger partial charge in [0.25, 0.3) is 5.91 Å². The minimum Gasteiger partial charge on any atom is -0.462 e. The zero-order chi connectivity index (χ0) is 18.8. The van der Waals surface area contributed by atoms with Crippen molar-refractivity contribution in [1.29, 1.82) is 0 Å². The Labute approximate surface area is 163 Å². The van der Waals surface area contributed by atoms with Crippen LogP contribution >= 0.6 is 11.3 Å². The fourth-order valence-corrected chi connectivity index (χ4v) is 4.94. The lowest BCUT2D eigenvalue weighted by molar-refractivity contribution is -0.928. The molecule has 1 amide bonds. The lowest BCUT2D eigenvalue weighted by Gasteiger charge is -2.32. The van der Waals surface area contributed by atoms with Crippen LogP contribution in [0.1, 0.15) is 46.6 Å². The first-order chi connectivity index (χ1) is 13.2. The molecule has 0 spiro atoms. The van der Waals surface area contributed by atoms with Gasteiger partial charge in [-0.05, 0) is 55.5 Å². The highest BCUT2D eigenvalue weighted by Gasteiger charge is 2.43. The van der Waals surface area contributed by atoms with E-state index in [0.29, 0.717) is 30.4 Å². The molecule has 5 nitrogen and oxygen atoms in total. The van der Waals surface area contributed by atoms with Crippen LogP contribution in [0.25, 0.3) is 0 Å². The number of amides is 1. The Hall–Kier alpha value is -2.18. The summed E-state index contributed by atoms with van der Waals surface area (Å²) in [4.78, 5) is 27.2. The second-order valence-electron chi connectivity index (χ2n) is 7.30. The first-order valence-electron chi connectivity index (χ1n) is 9.63. The molecule has 1 aliphatic carbocycles. The molecule has 6 heteroatoms. The fraction of sp³-hybridized carbons (Fsp3) is 0.429. The van der Waals surface area contributed by atoms with Gasteiger partial charge in [0, 0.05) is 28.5 Å². The fourth-order valence-electron chi connectivity index (χ4n) is 4.01. The Morgan fingerprint density at radius 2 is 2.00 bits per heavy atom. The Balaban J connectivity index is 1.38. The van der Waals surface area contributed by atoms with Crippen molar-refractivity contribution in [3.63, 3.8) is 0 Å². The summed E-state index contributed by atoms with van der Waals surface area (Å²) in [5.41, 5.74) is 2.68. The van der Waals surface area contributed by atoms with E-state index >= 15 is 0 Å². The topological polar surface area (TPSA) is 59.8 Å². The summed E-state index contributed by atoms with van der Waals surface area (Å²) in [5.74, 6) is 0.413. The van der Waals surface area contributed by atoms with Gasteiger partial charge in [0.05, 0.1) is 18.7 Å². The average molecular weight is 386 g/mol. The Bertz CT molecular complexity index is 826. The van der Waals surface area contributed by atoms with Crippen LogP contribution in [0.2, 0.25) is 0 Å². The first kappa shape index (κ1) is 18.2. The monoisotopic (exact) mass is 385 g/mol. The number of hydrogen-bond donors (Lipinski definition) is 2. The number of carbonyl (C=O) groups is 2. The third kappa shape index (κ3) is 4.06. The lowest BCUT2D eigenvalue weighted by atomic mass is 9.96. The normalized spacial score (nSPS) is 21.4. The maximum absolute atomic E-state index is 12.6. The highest BCUT2D eigenvalue weighted by atomic mass is 32.1. The van der Waals surface area contributed by atoms with E-state index in [0.717, 1.165) is 18.9 Å². The summed E-state index contributed by atoms with van der Waals surface area (Å²) >= 11 is 1.85. The molecule has 2 N–H and O–H groups in total. The van der Waals surface area contributed by atoms with Crippen LogP contribution in [-0.2, 0) is 16.0 Å².